The molecule has 0 unspecified atom stereocenters. The Bertz CT molecular complexity index is 471. The van der Waals surface area contributed by atoms with Crippen LogP contribution in [-0.4, -0.2) is 30.5 Å². The van der Waals surface area contributed by atoms with Gasteiger partial charge in [0.2, 0.25) is 0 Å². The minimum atomic E-state index is -0.341. The molecule has 7 heteroatoms. The van der Waals surface area contributed by atoms with Crippen molar-refractivity contribution in [2.45, 2.75) is 13.5 Å². The Morgan fingerprint density at radius 2 is 2.40 bits per heavy atom. The Morgan fingerprint density at radius 3 is 2.93 bits per heavy atom. The molecule has 2 aromatic rings. The monoisotopic (exact) mass is 206 g/mol. The lowest BCUT2D eigenvalue weighted by Crippen LogP contribution is -2.13. The molecule has 2 rings (SSSR count). The molecule has 0 amide bonds. The normalized spacial score (nSPS) is 10.5. The SMILES string of the molecule is CCn1nc(C(=O)n2cncn2)cc1N. The van der Waals surface area contributed by atoms with E-state index in [1.165, 1.54) is 18.7 Å². The molecular formula is C8H10N6O. The van der Waals surface area contributed by atoms with Gasteiger partial charge in [0.25, 0.3) is 5.91 Å². The minimum absolute atomic E-state index is 0.264. The first-order valence-corrected chi connectivity index (χ1v) is 4.45. The summed E-state index contributed by atoms with van der Waals surface area (Å²) in [5, 5.41) is 7.76. The average molecular weight is 206 g/mol. The topological polar surface area (TPSA) is 91.6 Å². The highest BCUT2D eigenvalue weighted by Crippen LogP contribution is 2.07. The third-order valence-electron chi connectivity index (χ3n) is 1.96. The second-order valence-corrected chi connectivity index (χ2v) is 2.92. The first-order chi connectivity index (χ1) is 7.22. The standard InChI is InChI=1S/C8H10N6O/c1-2-13-7(9)3-6(12-13)8(15)14-5-10-4-11-14/h3-5H,2,9H2,1H3. The molecular weight excluding hydrogens is 196 g/mol. The minimum Gasteiger partial charge on any atom is -0.384 e. The summed E-state index contributed by atoms with van der Waals surface area (Å²) in [6.45, 7) is 2.52. The summed E-state index contributed by atoms with van der Waals surface area (Å²) in [6.07, 6.45) is 2.61. The Kier molecular flexibility index (Phi) is 2.20. The molecule has 2 heterocycles. The molecule has 0 aliphatic heterocycles. The molecule has 0 aliphatic rings. The molecule has 0 saturated heterocycles. The lowest BCUT2D eigenvalue weighted by Gasteiger charge is -1.96. The Labute approximate surface area is 85.5 Å². The second kappa shape index (κ2) is 3.52. The Balaban J connectivity index is 2.34. The molecule has 0 saturated carbocycles. The van der Waals surface area contributed by atoms with Crippen LogP contribution in [0.25, 0.3) is 0 Å². The number of aryl methyl sites for hydroxylation is 1. The first kappa shape index (κ1) is 9.38. The lowest BCUT2D eigenvalue weighted by molar-refractivity contribution is 0.0939. The van der Waals surface area contributed by atoms with Crippen molar-refractivity contribution in [2.75, 3.05) is 5.73 Å². The van der Waals surface area contributed by atoms with Crippen LogP contribution in [0.15, 0.2) is 18.7 Å². The summed E-state index contributed by atoms with van der Waals surface area (Å²) in [4.78, 5) is 15.4. The molecule has 7 nitrogen and oxygen atoms in total. The van der Waals surface area contributed by atoms with Gasteiger partial charge in [0.15, 0.2) is 5.69 Å². The fourth-order valence-electron chi connectivity index (χ4n) is 1.22. The van der Waals surface area contributed by atoms with E-state index in [0.717, 1.165) is 4.68 Å². The van der Waals surface area contributed by atoms with E-state index in [-0.39, 0.29) is 11.6 Å². The molecule has 0 atom stereocenters. The zero-order valence-corrected chi connectivity index (χ0v) is 8.16. The molecule has 2 N–H and O–H groups in total. The number of nitrogens with two attached hydrogens (primary N) is 1. The number of rotatable bonds is 2. The van der Waals surface area contributed by atoms with Gasteiger partial charge >= 0.3 is 0 Å². The van der Waals surface area contributed by atoms with Gasteiger partial charge in [-0.15, -0.1) is 0 Å². The van der Waals surface area contributed by atoms with E-state index in [2.05, 4.69) is 15.2 Å². The summed E-state index contributed by atoms with van der Waals surface area (Å²) in [5.74, 6) is 0.118. The number of hydrogen-bond acceptors (Lipinski definition) is 5. The van der Waals surface area contributed by atoms with Crippen molar-refractivity contribution in [3.63, 3.8) is 0 Å². The fraction of sp³-hybridized carbons (Fsp3) is 0.250. The van der Waals surface area contributed by atoms with Crippen molar-refractivity contribution in [3.8, 4) is 0 Å². The molecule has 2 aromatic heterocycles. The number of carbonyl (C=O) groups is 1. The quantitative estimate of drug-likeness (QED) is 0.732. The largest absolute Gasteiger partial charge is 0.384 e. The van der Waals surface area contributed by atoms with Gasteiger partial charge in [-0.3, -0.25) is 4.79 Å². The van der Waals surface area contributed by atoms with Crippen LogP contribution < -0.4 is 5.73 Å². The van der Waals surface area contributed by atoms with Crippen molar-refractivity contribution in [3.05, 3.63) is 24.4 Å². The number of carbonyl (C=O) groups excluding carboxylic acids is 1. The third kappa shape index (κ3) is 1.58. The van der Waals surface area contributed by atoms with Crippen molar-refractivity contribution in [1.29, 1.82) is 0 Å². The van der Waals surface area contributed by atoms with Crippen LogP contribution in [0.4, 0.5) is 5.82 Å². The van der Waals surface area contributed by atoms with Crippen molar-refractivity contribution in [1.82, 2.24) is 24.5 Å². The molecule has 0 aliphatic carbocycles. The van der Waals surface area contributed by atoms with Gasteiger partial charge in [-0.1, -0.05) is 0 Å². The van der Waals surface area contributed by atoms with Gasteiger partial charge in [0.1, 0.15) is 18.5 Å². The predicted octanol–water partition coefficient (Wildman–Crippen LogP) is -0.235. The van der Waals surface area contributed by atoms with Crippen LogP contribution in [0.5, 0.6) is 0 Å². The van der Waals surface area contributed by atoms with Crippen LogP contribution in [0.1, 0.15) is 17.4 Å². The smallest absolute Gasteiger partial charge is 0.300 e. The molecule has 0 fully saturated rings. The number of aromatic nitrogens is 5. The second-order valence-electron chi connectivity index (χ2n) is 2.92. The zero-order chi connectivity index (χ0) is 10.8. The molecule has 0 aromatic carbocycles. The van der Waals surface area contributed by atoms with Crippen LogP contribution in [-0.2, 0) is 6.54 Å². The van der Waals surface area contributed by atoms with Crippen LogP contribution in [0, 0.1) is 0 Å². The maximum Gasteiger partial charge on any atom is 0.300 e. The van der Waals surface area contributed by atoms with Crippen LogP contribution >= 0.6 is 0 Å². The van der Waals surface area contributed by atoms with Gasteiger partial charge in [-0.05, 0) is 6.92 Å². The summed E-state index contributed by atoms with van der Waals surface area (Å²) in [7, 11) is 0. The van der Waals surface area contributed by atoms with Gasteiger partial charge in [0.05, 0.1) is 0 Å². The molecule has 78 valence electrons. The number of hydrogen-bond donors (Lipinski definition) is 1. The highest BCUT2D eigenvalue weighted by Gasteiger charge is 2.14. The highest BCUT2D eigenvalue weighted by molar-refractivity contribution is 5.93. The van der Waals surface area contributed by atoms with E-state index < -0.39 is 0 Å². The van der Waals surface area contributed by atoms with E-state index in [1.807, 2.05) is 6.92 Å². The molecule has 0 bridgehead atoms. The van der Waals surface area contributed by atoms with Crippen LogP contribution in [0.3, 0.4) is 0 Å². The zero-order valence-electron chi connectivity index (χ0n) is 8.16. The van der Waals surface area contributed by atoms with E-state index in [0.29, 0.717) is 12.4 Å². The van der Waals surface area contributed by atoms with Crippen molar-refractivity contribution < 1.29 is 4.79 Å². The van der Waals surface area contributed by atoms with E-state index in [9.17, 15) is 4.79 Å². The average Bonchev–Trinajstić information content (AvgIpc) is 2.85. The summed E-state index contributed by atoms with van der Waals surface area (Å²) < 4.78 is 2.66. The lowest BCUT2D eigenvalue weighted by atomic mass is 10.4. The molecule has 0 radical (unpaired) electrons. The number of nitrogen functional groups attached to an aromatic ring is 1. The van der Waals surface area contributed by atoms with Gasteiger partial charge in [-0.2, -0.15) is 14.9 Å². The van der Waals surface area contributed by atoms with E-state index in [1.54, 1.807) is 4.68 Å². The first-order valence-electron chi connectivity index (χ1n) is 4.45. The Morgan fingerprint density at radius 1 is 1.60 bits per heavy atom. The summed E-state index contributed by atoms with van der Waals surface area (Å²) in [5.41, 5.74) is 5.91. The number of nitrogens with zero attached hydrogens (tertiary/aromatic N) is 5. The van der Waals surface area contributed by atoms with Crippen molar-refractivity contribution >= 4 is 11.7 Å². The number of anilines is 1. The predicted molar refractivity (Wildman–Crippen MR) is 52.1 cm³/mol. The van der Waals surface area contributed by atoms with Crippen molar-refractivity contribution in [2.24, 2.45) is 0 Å². The maximum atomic E-state index is 11.7. The van der Waals surface area contributed by atoms with Crippen LogP contribution in [0.2, 0.25) is 0 Å². The van der Waals surface area contributed by atoms with Gasteiger partial charge in [0, 0.05) is 12.6 Å². The highest BCUT2D eigenvalue weighted by atomic mass is 16.2. The maximum absolute atomic E-state index is 11.7. The summed E-state index contributed by atoms with van der Waals surface area (Å²) in [6, 6.07) is 1.52. The fourth-order valence-corrected chi connectivity index (χ4v) is 1.22. The molecule has 15 heavy (non-hydrogen) atoms. The molecule has 0 spiro atoms. The van der Waals surface area contributed by atoms with E-state index >= 15 is 0 Å². The van der Waals surface area contributed by atoms with Gasteiger partial charge < -0.3 is 5.73 Å². The van der Waals surface area contributed by atoms with Gasteiger partial charge in [-0.25, -0.2) is 9.67 Å². The van der Waals surface area contributed by atoms with E-state index in [4.69, 9.17) is 5.73 Å². The Hall–Kier alpha value is -2.18. The summed E-state index contributed by atoms with van der Waals surface area (Å²) >= 11 is 0. The third-order valence-corrected chi connectivity index (χ3v) is 1.96.